The lowest BCUT2D eigenvalue weighted by molar-refractivity contribution is 0.597. The number of nitrogens with one attached hydrogen (secondary N) is 1. The van der Waals surface area contributed by atoms with Gasteiger partial charge in [0.05, 0.1) is 0 Å². The fraction of sp³-hybridized carbons (Fsp3) is 0.692. The molecule has 2 rings (SSSR count). The molecular weight excluding hydrogens is 234 g/mol. The Morgan fingerprint density at radius 2 is 2.25 bits per heavy atom. The Morgan fingerprint density at radius 3 is 2.88 bits per heavy atom. The molecule has 0 aromatic carbocycles. The molecule has 3 heteroatoms. The number of hydrogen-bond donors (Lipinski definition) is 1. The van der Waals surface area contributed by atoms with Gasteiger partial charge in [-0.3, -0.25) is 0 Å². The molecule has 1 saturated heterocycles. The van der Waals surface area contributed by atoms with Crippen LogP contribution < -0.4 is 5.32 Å². The van der Waals surface area contributed by atoms with Crippen LogP contribution in [-0.4, -0.2) is 17.5 Å². The third-order valence-corrected chi connectivity index (χ3v) is 5.51. The molecule has 90 valence electrons. The molecule has 0 amide bonds. The standard InChI is InChI=1S/C13H21NS2/c1-10-7-12(11(2)16-10)8-14-9-13-5-3-4-6-15-13/h7,13-14H,3-6,8-9H2,1-2H3. The van der Waals surface area contributed by atoms with E-state index < -0.39 is 0 Å². The van der Waals surface area contributed by atoms with Crippen molar-refractivity contribution in [3.8, 4) is 0 Å². The van der Waals surface area contributed by atoms with Crippen LogP contribution in [0.25, 0.3) is 0 Å². The first-order chi connectivity index (χ1) is 7.75. The van der Waals surface area contributed by atoms with Crippen LogP contribution in [-0.2, 0) is 6.54 Å². The van der Waals surface area contributed by atoms with Crippen molar-refractivity contribution in [2.45, 2.75) is 44.9 Å². The van der Waals surface area contributed by atoms with Gasteiger partial charge in [-0.25, -0.2) is 0 Å². The lowest BCUT2D eigenvalue weighted by Crippen LogP contribution is -2.26. The molecular formula is C13H21NS2. The van der Waals surface area contributed by atoms with Crippen molar-refractivity contribution in [1.82, 2.24) is 5.32 Å². The Balaban J connectivity index is 1.73. The molecule has 0 saturated carbocycles. The van der Waals surface area contributed by atoms with E-state index in [9.17, 15) is 0 Å². The van der Waals surface area contributed by atoms with Crippen LogP contribution >= 0.6 is 23.1 Å². The zero-order valence-corrected chi connectivity index (χ0v) is 11.8. The average Bonchev–Trinajstić information content (AvgIpc) is 2.59. The van der Waals surface area contributed by atoms with E-state index in [0.717, 1.165) is 11.8 Å². The molecule has 0 aliphatic carbocycles. The largest absolute Gasteiger partial charge is 0.312 e. The van der Waals surface area contributed by atoms with E-state index in [4.69, 9.17) is 0 Å². The van der Waals surface area contributed by atoms with E-state index in [1.54, 1.807) is 0 Å². The lowest BCUT2D eigenvalue weighted by Gasteiger charge is -2.21. The fourth-order valence-corrected chi connectivity index (χ4v) is 4.41. The Bertz CT molecular complexity index is 327. The predicted octanol–water partition coefficient (Wildman–Crippen LogP) is 3.74. The molecule has 0 spiro atoms. The van der Waals surface area contributed by atoms with Gasteiger partial charge in [0.1, 0.15) is 0 Å². The second-order valence-electron chi connectivity index (χ2n) is 4.56. The first-order valence-electron chi connectivity index (χ1n) is 6.14. The van der Waals surface area contributed by atoms with E-state index in [1.165, 1.54) is 46.9 Å². The molecule has 1 aliphatic heterocycles. The Hall–Kier alpha value is 0.01000. The Kier molecular flexibility index (Phi) is 4.74. The van der Waals surface area contributed by atoms with Crippen molar-refractivity contribution in [3.05, 3.63) is 21.4 Å². The predicted molar refractivity (Wildman–Crippen MR) is 75.6 cm³/mol. The first kappa shape index (κ1) is 12.5. The topological polar surface area (TPSA) is 12.0 Å². The summed E-state index contributed by atoms with van der Waals surface area (Å²) >= 11 is 4.06. The quantitative estimate of drug-likeness (QED) is 0.879. The van der Waals surface area contributed by atoms with E-state index in [1.807, 2.05) is 11.3 Å². The van der Waals surface area contributed by atoms with Crippen molar-refractivity contribution in [1.29, 1.82) is 0 Å². The van der Waals surface area contributed by atoms with Crippen LogP contribution in [0.3, 0.4) is 0 Å². The molecule has 1 N–H and O–H groups in total. The molecule has 1 atom stereocenters. The number of hydrogen-bond acceptors (Lipinski definition) is 3. The second kappa shape index (κ2) is 6.08. The molecule has 0 bridgehead atoms. The van der Waals surface area contributed by atoms with Crippen LogP contribution in [0.4, 0.5) is 0 Å². The molecule has 1 unspecified atom stereocenters. The minimum absolute atomic E-state index is 0.855. The van der Waals surface area contributed by atoms with Crippen molar-refractivity contribution in [2.24, 2.45) is 0 Å². The average molecular weight is 255 g/mol. The minimum Gasteiger partial charge on any atom is -0.312 e. The first-order valence-corrected chi connectivity index (χ1v) is 8.00. The van der Waals surface area contributed by atoms with Gasteiger partial charge in [-0.1, -0.05) is 6.42 Å². The summed E-state index contributed by atoms with van der Waals surface area (Å²) in [5.41, 5.74) is 1.49. The molecule has 0 radical (unpaired) electrons. The maximum Gasteiger partial charge on any atom is 0.0216 e. The summed E-state index contributed by atoms with van der Waals surface area (Å²) < 4.78 is 0. The highest BCUT2D eigenvalue weighted by Gasteiger charge is 2.13. The lowest BCUT2D eigenvalue weighted by atomic mass is 10.2. The highest BCUT2D eigenvalue weighted by atomic mass is 32.2. The van der Waals surface area contributed by atoms with Gasteiger partial charge in [-0.2, -0.15) is 11.8 Å². The summed E-state index contributed by atoms with van der Waals surface area (Å²) in [7, 11) is 0. The zero-order valence-electron chi connectivity index (χ0n) is 10.2. The number of aryl methyl sites for hydroxylation is 2. The van der Waals surface area contributed by atoms with Gasteiger partial charge in [-0.05, 0) is 44.1 Å². The zero-order chi connectivity index (χ0) is 11.4. The maximum absolute atomic E-state index is 3.61. The van der Waals surface area contributed by atoms with Gasteiger partial charge in [0, 0.05) is 28.1 Å². The van der Waals surface area contributed by atoms with Gasteiger partial charge >= 0.3 is 0 Å². The number of thiophene rings is 1. The number of thioether (sulfide) groups is 1. The van der Waals surface area contributed by atoms with Crippen molar-refractivity contribution in [3.63, 3.8) is 0 Å². The van der Waals surface area contributed by atoms with Gasteiger partial charge < -0.3 is 5.32 Å². The Labute approximate surface area is 107 Å². The Morgan fingerprint density at radius 1 is 1.38 bits per heavy atom. The van der Waals surface area contributed by atoms with Crippen LogP contribution in [0.2, 0.25) is 0 Å². The van der Waals surface area contributed by atoms with Crippen LogP contribution in [0, 0.1) is 13.8 Å². The van der Waals surface area contributed by atoms with E-state index in [-0.39, 0.29) is 0 Å². The SMILES string of the molecule is Cc1cc(CNCC2CCCCS2)c(C)s1. The summed E-state index contributed by atoms with van der Waals surface area (Å²) in [5.74, 6) is 1.36. The van der Waals surface area contributed by atoms with Crippen LogP contribution in [0.15, 0.2) is 6.07 Å². The van der Waals surface area contributed by atoms with Gasteiger partial charge in [-0.15, -0.1) is 11.3 Å². The monoisotopic (exact) mass is 255 g/mol. The summed E-state index contributed by atoms with van der Waals surface area (Å²) in [4.78, 5) is 2.91. The minimum atomic E-state index is 0.855. The molecule has 1 aromatic rings. The van der Waals surface area contributed by atoms with E-state index >= 15 is 0 Å². The maximum atomic E-state index is 3.61. The summed E-state index contributed by atoms with van der Waals surface area (Å²) in [6.45, 7) is 6.65. The van der Waals surface area contributed by atoms with Gasteiger partial charge in [0.15, 0.2) is 0 Å². The van der Waals surface area contributed by atoms with Crippen molar-refractivity contribution >= 4 is 23.1 Å². The third-order valence-electron chi connectivity index (χ3n) is 3.11. The van der Waals surface area contributed by atoms with Crippen molar-refractivity contribution in [2.75, 3.05) is 12.3 Å². The summed E-state index contributed by atoms with van der Waals surface area (Å²) in [6.07, 6.45) is 4.25. The third kappa shape index (κ3) is 3.51. The smallest absolute Gasteiger partial charge is 0.0216 e. The van der Waals surface area contributed by atoms with Gasteiger partial charge in [0.2, 0.25) is 0 Å². The van der Waals surface area contributed by atoms with E-state index in [0.29, 0.717) is 0 Å². The summed E-state index contributed by atoms with van der Waals surface area (Å²) in [6, 6.07) is 2.32. The van der Waals surface area contributed by atoms with Crippen LogP contribution in [0.1, 0.15) is 34.6 Å². The molecule has 1 nitrogen and oxygen atoms in total. The van der Waals surface area contributed by atoms with Crippen LogP contribution in [0.5, 0.6) is 0 Å². The molecule has 1 aromatic heterocycles. The molecule has 1 aliphatic rings. The number of rotatable bonds is 4. The van der Waals surface area contributed by atoms with Gasteiger partial charge in [0.25, 0.3) is 0 Å². The fourth-order valence-electron chi connectivity index (χ4n) is 2.20. The summed E-state index contributed by atoms with van der Waals surface area (Å²) in [5, 5.41) is 4.47. The molecule has 1 fully saturated rings. The molecule has 16 heavy (non-hydrogen) atoms. The molecule has 2 heterocycles. The highest BCUT2D eigenvalue weighted by Crippen LogP contribution is 2.25. The normalized spacial score (nSPS) is 21.2. The highest BCUT2D eigenvalue weighted by molar-refractivity contribution is 7.99. The van der Waals surface area contributed by atoms with E-state index in [2.05, 4.69) is 37.0 Å². The van der Waals surface area contributed by atoms with Crippen molar-refractivity contribution < 1.29 is 0 Å². The second-order valence-corrected chi connectivity index (χ2v) is 7.43.